The van der Waals surface area contributed by atoms with Crippen molar-refractivity contribution >= 4 is 85.2 Å². The molecule has 6 amide bonds. The molecular weight excluding hydrogens is 1280 g/mol. The van der Waals surface area contributed by atoms with Crippen LogP contribution >= 0.6 is 0 Å². The number of aromatic amines is 3. The average molecular weight is 1350 g/mol. The van der Waals surface area contributed by atoms with Crippen molar-refractivity contribution in [2.75, 3.05) is 35.6 Å². The number of H-pyrrole nitrogens is 3. The molecule has 6 aromatic carbocycles. The monoisotopic (exact) mass is 1350 g/mol. The molecule has 97 heavy (non-hydrogen) atoms. The molecule has 0 bridgehead atoms. The van der Waals surface area contributed by atoms with Crippen molar-refractivity contribution in [2.24, 2.45) is 17.2 Å². The molecule has 15 N–H and O–H groups in total. The lowest BCUT2D eigenvalue weighted by molar-refractivity contribution is -0.138. The number of unbranched alkanes of at least 4 members (excludes halogenated alkanes) is 3. The second kappa shape index (κ2) is 31.7. The SMILES string of the molecule is NCCCC[C@H](NC(=O)Cc1c[nH]c2cc(C(F)(F)F)ccc12)C(=O)Nc1ccc(C(c2ccc(NC(=O)[C@H](CCCCN)NC(=O)Cc3c[nH]c4cc(C(F)(F)F)ccc34)cc2)c2ccc(NC(=O)[C@H](CCCCN)NC(=O)Cc3c[nH]c4cc(C(F)(F)F)ccc34)cc2)cc1. The van der Waals surface area contributed by atoms with E-state index in [4.69, 9.17) is 17.2 Å². The van der Waals surface area contributed by atoms with Gasteiger partial charge in [0.1, 0.15) is 18.1 Å². The second-order valence-electron chi connectivity index (χ2n) is 23.7. The van der Waals surface area contributed by atoms with Gasteiger partial charge in [-0.15, -0.1) is 0 Å². The summed E-state index contributed by atoms with van der Waals surface area (Å²) in [5.74, 6) is -3.82. The van der Waals surface area contributed by atoms with Crippen LogP contribution in [0, 0.1) is 0 Å². The minimum Gasteiger partial charge on any atom is -0.361 e. The summed E-state index contributed by atoms with van der Waals surface area (Å²) in [6.45, 7) is 0.995. The fourth-order valence-corrected chi connectivity index (χ4v) is 11.6. The first-order valence-electron chi connectivity index (χ1n) is 31.5. The molecule has 0 aliphatic rings. The van der Waals surface area contributed by atoms with Crippen LogP contribution in [0.2, 0.25) is 0 Å². The predicted molar refractivity (Wildman–Crippen MR) is 352 cm³/mol. The van der Waals surface area contributed by atoms with Crippen LogP contribution in [0.5, 0.6) is 0 Å². The van der Waals surface area contributed by atoms with E-state index in [-0.39, 0.29) is 55.1 Å². The summed E-state index contributed by atoms with van der Waals surface area (Å²) in [5.41, 5.74) is 19.8. The number of amides is 6. The number of carbonyl (C=O) groups excluding carboxylic acids is 6. The van der Waals surface area contributed by atoms with Crippen molar-refractivity contribution in [2.45, 2.75) is 120 Å². The Kier molecular flexibility index (Phi) is 23.3. The van der Waals surface area contributed by atoms with Gasteiger partial charge in [-0.1, -0.05) is 54.6 Å². The smallest absolute Gasteiger partial charge is 0.361 e. The second-order valence-corrected chi connectivity index (χ2v) is 23.7. The Labute approximate surface area is 550 Å². The van der Waals surface area contributed by atoms with Gasteiger partial charge in [-0.2, -0.15) is 39.5 Å². The Hall–Kier alpha value is -9.99. The van der Waals surface area contributed by atoms with E-state index >= 15 is 0 Å². The summed E-state index contributed by atoms with van der Waals surface area (Å²) in [6, 6.07) is 27.2. The first-order valence-corrected chi connectivity index (χ1v) is 31.5. The van der Waals surface area contributed by atoms with Crippen LogP contribution in [0.15, 0.2) is 146 Å². The largest absolute Gasteiger partial charge is 0.416 e. The number of nitrogens with one attached hydrogen (secondary N) is 9. The number of carbonyl (C=O) groups is 6. The van der Waals surface area contributed by atoms with Crippen LogP contribution in [-0.2, 0) is 66.6 Å². The first-order chi connectivity index (χ1) is 46.3. The number of hydrogen-bond donors (Lipinski definition) is 12. The number of benzene rings is 6. The van der Waals surface area contributed by atoms with Crippen LogP contribution in [0.4, 0.5) is 56.6 Å². The Bertz CT molecular complexity index is 3790. The maximum Gasteiger partial charge on any atom is 0.416 e. The van der Waals surface area contributed by atoms with E-state index in [1.807, 2.05) is 0 Å². The third-order valence-electron chi connectivity index (χ3n) is 16.7. The average Bonchev–Trinajstić information content (AvgIpc) is 1.70. The van der Waals surface area contributed by atoms with Gasteiger partial charge in [0.05, 0.1) is 36.0 Å². The molecule has 0 unspecified atom stereocenters. The van der Waals surface area contributed by atoms with Gasteiger partial charge in [0.2, 0.25) is 35.4 Å². The topological polar surface area (TPSA) is 300 Å². The third kappa shape index (κ3) is 18.9. The zero-order chi connectivity index (χ0) is 69.6. The fraction of sp³-hybridized carbons (Fsp3) is 0.314. The molecular formula is C70H73F9N12O6. The number of aromatic nitrogens is 3. The third-order valence-corrected chi connectivity index (χ3v) is 16.7. The zero-order valence-electron chi connectivity index (χ0n) is 52.4. The van der Waals surface area contributed by atoms with Crippen molar-refractivity contribution in [1.29, 1.82) is 0 Å². The highest BCUT2D eigenvalue weighted by Gasteiger charge is 2.34. The van der Waals surface area contributed by atoms with Crippen LogP contribution in [0.25, 0.3) is 32.7 Å². The minimum atomic E-state index is -4.57. The molecule has 0 saturated heterocycles. The molecule has 3 heterocycles. The molecule has 9 aromatic rings. The number of fused-ring (bicyclic) bond motifs is 3. The number of hydrogen-bond acceptors (Lipinski definition) is 9. The Morgan fingerprint density at radius 1 is 0.361 bits per heavy atom. The molecule has 27 heteroatoms. The lowest BCUT2D eigenvalue weighted by Gasteiger charge is -2.22. The normalized spacial score (nSPS) is 13.0. The van der Waals surface area contributed by atoms with E-state index in [9.17, 15) is 68.3 Å². The van der Waals surface area contributed by atoms with Crippen molar-refractivity contribution in [3.05, 3.63) is 196 Å². The lowest BCUT2D eigenvalue weighted by Crippen LogP contribution is -2.44. The van der Waals surface area contributed by atoms with Crippen LogP contribution < -0.4 is 49.1 Å². The summed E-state index contributed by atoms with van der Waals surface area (Å²) in [4.78, 5) is 91.1. The first kappa shape index (κ1) is 71.3. The molecule has 0 fully saturated rings. The Balaban J connectivity index is 0.931. The van der Waals surface area contributed by atoms with Gasteiger partial charge in [0, 0.05) is 74.3 Å². The van der Waals surface area contributed by atoms with Crippen molar-refractivity contribution in [3.63, 3.8) is 0 Å². The molecule has 0 spiro atoms. The molecule has 18 nitrogen and oxygen atoms in total. The molecule has 0 aliphatic carbocycles. The van der Waals surface area contributed by atoms with Gasteiger partial charge in [-0.25, -0.2) is 0 Å². The highest BCUT2D eigenvalue weighted by atomic mass is 19.4. The van der Waals surface area contributed by atoms with Gasteiger partial charge < -0.3 is 64.1 Å². The zero-order valence-corrected chi connectivity index (χ0v) is 52.4. The number of rotatable bonds is 30. The number of nitrogens with two attached hydrogens (primary N) is 3. The maximum atomic E-state index is 14.0. The van der Waals surface area contributed by atoms with Crippen LogP contribution in [0.3, 0.4) is 0 Å². The number of halogens is 9. The van der Waals surface area contributed by atoms with E-state index in [0.717, 1.165) is 36.4 Å². The Morgan fingerprint density at radius 2 is 0.619 bits per heavy atom. The van der Waals surface area contributed by atoms with E-state index in [1.54, 1.807) is 72.8 Å². The molecule has 0 aliphatic heterocycles. The van der Waals surface area contributed by atoms with Crippen molar-refractivity contribution in [1.82, 2.24) is 30.9 Å². The van der Waals surface area contributed by atoms with Gasteiger partial charge >= 0.3 is 18.5 Å². The van der Waals surface area contributed by atoms with E-state index < -0.39 is 94.7 Å². The minimum absolute atomic E-state index is 0.192. The highest BCUT2D eigenvalue weighted by molar-refractivity contribution is 6.00. The summed E-state index contributed by atoms with van der Waals surface area (Å²) >= 11 is 0. The van der Waals surface area contributed by atoms with Gasteiger partial charge in [-0.05, 0) is 184 Å². The summed E-state index contributed by atoms with van der Waals surface area (Å²) < 4.78 is 121. The number of anilines is 3. The van der Waals surface area contributed by atoms with Crippen molar-refractivity contribution < 1.29 is 68.3 Å². The maximum absolute atomic E-state index is 14.0. The molecule has 3 aromatic heterocycles. The summed E-state index contributed by atoms with van der Waals surface area (Å²) in [5, 5.41) is 18.3. The molecule has 9 rings (SSSR count). The van der Waals surface area contributed by atoms with Crippen LogP contribution in [0.1, 0.15) is 114 Å². The quantitative estimate of drug-likeness (QED) is 0.0116. The predicted octanol–water partition coefficient (Wildman–Crippen LogP) is 11.8. The lowest BCUT2D eigenvalue weighted by atomic mass is 9.85. The highest BCUT2D eigenvalue weighted by Crippen LogP contribution is 2.37. The van der Waals surface area contributed by atoms with Gasteiger partial charge in [-0.3, -0.25) is 28.8 Å². The molecule has 512 valence electrons. The van der Waals surface area contributed by atoms with Crippen molar-refractivity contribution in [3.8, 4) is 0 Å². The Morgan fingerprint density at radius 3 is 0.856 bits per heavy atom. The van der Waals surface area contributed by atoms with Gasteiger partial charge in [0.15, 0.2) is 0 Å². The standard InChI is InChI=1S/C70H73F9N12O6/c71-68(72,73)46-16-25-52-43(37-83-58(52)34-46)31-61(92)89-55(7-1-4-28-80)65(95)86-49-19-10-40(11-20-49)64(41-12-21-50(22-13-41)87-66(96)56(8-2-5-29-81)90-62(93)32-44-38-84-59-35-47(69(74,75)76)17-26-53(44)59)42-14-23-51(24-15-42)88-67(97)57(9-3-6-30-82)91-63(94)33-45-39-85-60-36-48(70(77,78)79)18-27-54(45)60/h10-27,34-39,55-57,64,83-85H,1-9,28-33,80-82H2,(H,86,95)(H,87,96)(H,88,97)(H,89,92)(H,90,93)(H,91,94)/t55-,56-,57-/m0/s1. The number of alkyl halides is 9. The molecule has 0 saturated carbocycles. The van der Waals surface area contributed by atoms with Crippen LogP contribution in [-0.4, -0.2) is 88.2 Å². The van der Waals surface area contributed by atoms with E-state index in [1.165, 1.54) is 36.8 Å². The molecule has 3 atom stereocenters. The molecule has 0 radical (unpaired) electrons. The van der Waals surface area contributed by atoms with Gasteiger partial charge in [0.25, 0.3) is 0 Å². The summed E-state index contributed by atoms with van der Waals surface area (Å²) in [6.07, 6.45) is -6.33. The fourth-order valence-electron chi connectivity index (χ4n) is 11.6. The van der Waals surface area contributed by atoms with E-state index in [2.05, 4.69) is 46.9 Å². The van der Waals surface area contributed by atoms with E-state index in [0.29, 0.717) is 125 Å². The summed E-state index contributed by atoms with van der Waals surface area (Å²) in [7, 11) is 0.